The first-order chi connectivity index (χ1) is 10.8. The number of carbonyl (C=O) groups excluding carboxylic acids is 1. The Morgan fingerprint density at radius 3 is 2.78 bits per heavy atom. The van der Waals surface area contributed by atoms with Crippen molar-refractivity contribution < 1.29 is 14.7 Å². The summed E-state index contributed by atoms with van der Waals surface area (Å²) in [6.45, 7) is 4.04. The molecule has 0 bridgehead atoms. The molecule has 3 rings (SSSR count). The summed E-state index contributed by atoms with van der Waals surface area (Å²) < 4.78 is 0.932. The maximum atomic E-state index is 12.2. The monoisotopic (exact) mass is 378 g/mol. The van der Waals surface area contributed by atoms with Gasteiger partial charge in [0.05, 0.1) is 0 Å². The molecule has 1 fully saturated rings. The summed E-state index contributed by atoms with van der Waals surface area (Å²) in [6.07, 6.45) is 2.87. The average Bonchev–Trinajstić information content (AvgIpc) is 2.94. The van der Waals surface area contributed by atoms with E-state index in [0.717, 1.165) is 27.4 Å². The second-order valence-electron chi connectivity index (χ2n) is 6.85. The summed E-state index contributed by atoms with van der Waals surface area (Å²) in [7, 11) is 0. The highest BCUT2D eigenvalue weighted by atomic mass is 79.9. The quantitative estimate of drug-likeness (QED) is 0.747. The van der Waals surface area contributed by atoms with Gasteiger partial charge in [0.25, 0.3) is 0 Å². The maximum Gasteiger partial charge on any atom is 0.326 e. The van der Waals surface area contributed by atoms with E-state index in [1.807, 2.05) is 32.0 Å². The molecule has 23 heavy (non-hydrogen) atoms. The third-order valence-electron chi connectivity index (χ3n) is 4.60. The Bertz CT molecular complexity index is 781. The Hall–Kier alpha value is -1.82. The largest absolute Gasteiger partial charge is 0.480 e. The number of aromatic amines is 1. The zero-order valence-electron chi connectivity index (χ0n) is 13.0. The van der Waals surface area contributed by atoms with E-state index in [0.29, 0.717) is 0 Å². The minimum atomic E-state index is -1.01. The SMILES string of the molecule is CC1(C)CC1C(=O)NC(Cc1c[nH]c2ccc(Br)cc12)C(=O)O. The lowest BCUT2D eigenvalue weighted by Gasteiger charge is -2.15. The Balaban J connectivity index is 1.78. The number of amides is 1. The van der Waals surface area contributed by atoms with Crippen LogP contribution in [0.15, 0.2) is 28.9 Å². The molecule has 122 valence electrons. The fourth-order valence-electron chi connectivity index (χ4n) is 2.93. The number of H-pyrrole nitrogens is 1. The van der Waals surface area contributed by atoms with Crippen LogP contribution in [-0.2, 0) is 16.0 Å². The summed E-state index contributed by atoms with van der Waals surface area (Å²) in [5.41, 5.74) is 1.81. The van der Waals surface area contributed by atoms with Gasteiger partial charge in [-0.3, -0.25) is 4.79 Å². The van der Waals surface area contributed by atoms with Crippen LogP contribution in [-0.4, -0.2) is 28.0 Å². The van der Waals surface area contributed by atoms with E-state index < -0.39 is 12.0 Å². The van der Waals surface area contributed by atoms with Crippen molar-refractivity contribution in [2.75, 3.05) is 0 Å². The molecule has 2 aromatic rings. The molecule has 2 atom stereocenters. The van der Waals surface area contributed by atoms with Crippen LogP contribution in [0.1, 0.15) is 25.8 Å². The zero-order valence-corrected chi connectivity index (χ0v) is 14.6. The van der Waals surface area contributed by atoms with Crippen LogP contribution < -0.4 is 5.32 Å². The molecule has 1 aromatic heterocycles. The van der Waals surface area contributed by atoms with Crippen molar-refractivity contribution in [1.29, 1.82) is 0 Å². The molecule has 1 aromatic carbocycles. The van der Waals surface area contributed by atoms with Crippen LogP contribution in [0.3, 0.4) is 0 Å². The minimum Gasteiger partial charge on any atom is -0.480 e. The van der Waals surface area contributed by atoms with Crippen molar-refractivity contribution in [3.05, 3.63) is 34.4 Å². The number of carboxylic acid groups (broad SMARTS) is 1. The highest BCUT2D eigenvalue weighted by Gasteiger charge is 2.51. The molecule has 5 nitrogen and oxygen atoms in total. The van der Waals surface area contributed by atoms with Gasteiger partial charge in [-0.05, 0) is 35.6 Å². The molecule has 0 spiro atoms. The number of carbonyl (C=O) groups is 2. The number of aliphatic carboxylic acids is 1. The van der Waals surface area contributed by atoms with Crippen molar-refractivity contribution >= 4 is 38.7 Å². The average molecular weight is 379 g/mol. The fraction of sp³-hybridized carbons (Fsp3) is 0.412. The first-order valence-corrected chi connectivity index (χ1v) is 8.36. The van der Waals surface area contributed by atoms with Crippen LogP contribution in [0.2, 0.25) is 0 Å². The number of hydrogen-bond donors (Lipinski definition) is 3. The lowest BCUT2D eigenvalue weighted by atomic mass is 10.0. The summed E-state index contributed by atoms with van der Waals surface area (Å²) in [5, 5.41) is 13.1. The molecule has 3 N–H and O–H groups in total. The van der Waals surface area contributed by atoms with Gasteiger partial charge in [-0.1, -0.05) is 29.8 Å². The fourth-order valence-corrected chi connectivity index (χ4v) is 3.29. The molecule has 1 heterocycles. The van der Waals surface area contributed by atoms with Crippen molar-refractivity contribution in [2.45, 2.75) is 32.7 Å². The van der Waals surface area contributed by atoms with Gasteiger partial charge >= 0.3 is 5.97 Å². The molecule has 0 saturated heterocycles. The molecular formula is C17H19BrN2O3. The molecule has 0 radical (unpaired) electrons. The third kappa shape index (κ3) is 3.27. The molecule has 6 heteroatoms. The number of hydrogen-bond acceptors (Lipinski definition) is 2. The Morgan fingerprint density at radius 2 is 2.17 bits per heavy atom. The van der Waals surface area contributed by atoms with Gasteiger partial charge in [0.2, 0.25) is 5.91 Å². The Labute approximate surface area is 142 Å². The van der Waals surface area contributed by atoms with E-state index in [9.17, 15) is 14.7 Å². The number of aromatic nitrogens is 1. The second-order valence-corrected chi connectivity index (χ2v) is 7.77. The summed E-state index contributed by atoms with van der Waals surface area (Å²) in [5.74, 6) is -1.26. The Kier molecular flexibility index (Phi) is 3.96. The number of rotatable bonds is 5. The summed E-state index contributed by atoms with van der Waals surface area (Å²) in [4.78, 5) is 26.9. The second kappa shape index (κ2) is 5.67. The summed E-state index contributed by atoms with van der Waals surface area (Å²) in [6, 6.07) is 4.89. The van der Waals surface area contributed by atoms with Crippen LogP contribution in [0.5, 0.6) is 0 Å². The van der Waals surface area contributed by atoms with Crippen molar-refractivity contribution in [1.82, 2.24) is 10.3 Å². The molecule has 1 saturated carbocycles. The number of fused-ring (bicyclic) bond motifs is 1. The van der Waals surface area contributed by atoms with E-state index >= 15 is 0 Å². The van der Waals surface area contributed by atoms with Crippen LogP contribution in [0.4, 0.5) is 0 Å². The van der Waals surface area contributed by atoms with Gasteiger partial charge in [0.15, 0.2) is 0 Å². The molecule has 1 amide bonds. The highest BCUT2D eigenvalue weighted by Crippen LogP contribution is 2.51. The van der Waals surface area contributed by atoms with E-state index in [1.165, 1.54) is 0 Å². The molecule has 0 aliphatic heterocycles. The number of carboxylic acids is 1. The van der Waals surface area contributed by atoms with E-state index in [-0.39, 0.29) is 23.7 Å². The maximum absolute atomic E-state index is 12.2. The highest BCUT2D eigenvalue weighted by molar-refractivity contribution is 9.10. The van der Waals surface area contributed by atoms with Gasteiger partial charge in [0, 0.05) is 33.9 Å². The summed E-state index contributed by atoms with van der Waals surface area (Å²) >= 11 is 3.43. The smallest absolute Gasteiger partial charge is 0.326 e. The van der Waals surface area contributed by atoms with Crippen LogP contribution >= 0.6 is 15.9 Å². The standard InChI is InChI=1S/C17H19BrN2O3/c1-17(2)7-12(17)15(21)20-14(16(22)23)5-9-8-19-13-4-3-10(18)6-11(9)13/h3-4,6,8,12,14,19H,5,7H2,1-2H3,(H,20,21)(H,22,23). The van der Waals surface area contributed by atoms with Crippen molar-refractivity contribution in [2.24, 2.45) is 11.3 Å². The number of benzene rings is 1. The van der Waals surface area contributed by atoms with Crippen LogP contribution in [0, 0.1) is 11.3 Å². The number of halogens is 1. The topological polar surface area (TPSA) is 82.2 Å². The lowest BCUT2D eigenvalue weighted by Crippen LogP contribution is -2.43. The van der Waals surface area contributed by atoms with E-state index in [1.54, 1.807) is 6.20 Å². The normalized spacial score (nSPS) is 20.2. The first kappa shape index (κ1) is 16.1. The Morgan fingerprint density at radius 1 is 1.48 bits per heavy atom. The molecule has 2 unspecified atom stereocenters. The van der Waals surface area contributed by atoms with Gasteiger partial charge in [-0.2, -0.15) is 0 Å². The van der Waals surface area contributed by atoms with E-state index in [4.69, 9.17) is 0 Å². The van der Waals surface area contributed by atoms with Crippen molar-refractivity contribution in [3.63, 3.8) is 0 Å². The van der Waals surface area contributed by atoms with Gasteiger partial charge in [0.1, 0.15) is 6.04 Å². The molecular weight excluding hydrogens is 360 g/mol. The first-order valence-electron chi connectivity index (χ1n) is 7.56. The third-order valence-corrected chi connectivity index (χ3v) is 5.09. The lowest BCUT2D eigenvalue weighted by molar-refractivity contribution is -0.142. The predicted octanol–water partition coefficient (Wildman–Crippen LogP) is 3.09. The number of nitrogens with one attached hydrogen (secondary N) is 2. The van der Waals surface area contributed by atoms with Crippen molar-refractivity contribution in [3.8, 4) is 0 Å². The van der Waals surface area contributed by atoms with Gasteiger partial charge in [-0.15, -0.1) is 0 Å². The van der Waals surface area contributed by atoms with Gasteiger partial charge < -0.3 is 15.4 Å². The molecule has 1 aliphatic rings. The predicted molar refractivity (Wildman–Crippen MR) is 91.2 cm³/mol. The van der Waals surface area contributed by atoms with E-state index in [2.05, 4.69) is 26.2 Å². The molecule has 1 aliphatic carbocycles. The van der Waals surface area contributed by atoms with Gasteiger partial charge in [-0.25, -0.2) is 4.79 Å². The zero-order chi connectivity index (χ0) is 16.8. The van der Waals surface area contributed by atoms with Crippen LogP contribution in [0.25, 0.3) is 10.9 Å². The minimum absolute atomic E-state index is 0.0151.